The average molecular weight is 274 g/mol. The normalized spacial score (nSPS) is 10.3. The van der Waals surface area contributed by atoms with Crippen LogP contribution in [0.3, 0.4) is 0 Å². The quantitative estimate of drug-likeness (QED) is 0.900. The molecule has 17 heavy (non-hydrogen) atoms. The van der Waals surface area contributed by atoms with Crippen LogP contribution < -0.4 is 5.32 Å². The monoisotopic (exact) mass is 273 g/mol. The highest BCUT2D eigenvalue weighted by atomic mass is 35.5. The molecule has 88 valence electrons. The van der Waals surface area contributed by atoms with E-state index in [0.29, 0.717) is 0 Å². The zero-order valence-electron chi connectivity index (χ0n) is 8.34. The molecule has 0 unspecified atom stereocenters. The van der Waals surface area contributed by atoms with Gasteiger partial charge in [0, 0.05) is 5.02 Å². The summed E-state index contributed by atoms with van der Waals surface area (Å²) in [6.45, 7) is 0. The van der Waals surface area contributed by atoms with Crippen LogP contribution in [0.1, 0.15) is 10.4 Å². The summed E-state index contributed by atoms with van der Waals surface area (Å²) >= 11 is 11.2. The summed E-state index contributed by atoms with van der Waals surface area (Å²) in [7, 11) is 0. The van der Waals surface area contributed by atoms with Gasteiger partial charge in [-0.1, -0.05) is 11.6 Å². The second kappa shape index (κ2) is 4.77. The van der Waals surface area contributed by atoms with Crippen molar-refractivity contribution in [3.05, 3.63) is 52.2 Å². The van der Waals surface area contributed by atoms with Gasteiger partial charge in [0.2, 0.25) is 5.22 Å². The molecule has 0 saturated carbocycles. The van der Waals surface area contributed by atoms with Gasteiger partial charge in [-0.2, -0.15) is 0 Å². The van der Waals surface area contributed by atoms with Gasteiger partial charge in [-0.05, 0) is 35.9 Å². The fourth-order valence-electron chi connectivity index (χ4n) is 1.24. The summed E-state index contributed by atoms with van der Waals surface area (Å²) in [4.78, 5) is 11.7. The van der Waals surface area contributed by atoms with Crippen LogP contribution in [0.2, 0.25) is 10.2 Å². The fourth-order valence-corrected chi connectivity index (χ4v) is 1.60. The highest BCUT2D eigenvalue weighted by Gasteiger charge is 2.14. The standard InChI is InChI=1S/C11H6Cl2FNO2/c12-6-1-2-9(8(14)5-6)15-11(16)7-3-4-17-10(7)13/h1-5H,(H,15,16). The number of furan rings is 1. The minimum absolute atomic E-state index is 0.0247. The third-order valence-corrected chi connectivity index (χ3v) is 2.57. The van der Waals surface area contributed by atoms with Crippen LogP contribution in [-0.2, 0) is 0 Å². The summed E-state index contributed by atoms with van der Waals surface area (Å²) in [5.41, 5.74) is 0.165. The van der Waals surface area contributed by atoms with E-state index in [0.717, 1.165) is 6.07 Å². The minimum Gasteiger partial charge on any atom is -0.452 e. The number of anilines is 1. The molecule has 0 fully saturated rings. The molecular formula is C11H6Cl2FNO2. The fraction of sp³-hybridized carbons (Fsp3) is 0. The lowest BCUT2D eigenvalue weighted by Crippen LogP contribution is -2.12. The number of carbonyl (C=O) groups is 1. The first kappa shape index (κ1) is 12.0. The summed E-state index contributed by atoms with van der Waals surface area (Å²) in [5.74, 6) is -1.17. The lowest BCUT2D eigenvalue weighted by molar-refractivity contribution is 0.102. The molecule has 0 saturated heterocycles. The summed E-state index contributed by atoms with van der Waals surface area (Å²) in [5, 5.41) is 2.57. The van der Waals surface area contributed by atoms with Crippen molar-refractivity contribution in [3.8, 4) is 0 Å². The van der Waals surface area contributed by atoms with Crippen molar-refractivity contribution in [1.29, 1.82) is 0 Å². The maximum Gasteiger partial charge on any atom is 0.260 e. The van der Waals surface area contributed by atoms with Crippen molar-refractivity contribution in [1.82, 2.24) is 0 Å². The van der Waals surface area contributed by atoms with E-state index in [2.05, 4.69) is 5.32 Å². The molecule has 0 aliphatic carbocycles. The molecular weight excluding hydrogens is 268 g/mol. The van der Waals surface area contributed by atoms with Crippen molar-refractivity contribution in [2.45, 2.75) is 0 Å². The van der Waals surface area contributed by atoms with Crippen LogP contribution in [0.25, 0.3) is 0 Å². The predicted molar refractivity (Wildman–Crippen MR) is 63.1 cm³/mol. The average Bonchev–Trinajstić information content (AvgIpc) is 2.68. The highest BCUT2D eigenvalue weighted by molar-refractivity contribution is 6.32. The second-order valence-corrected chi connectivity index (χ2v) is 3.97. The Kier molecular flexibility index (Phi) is 3.36. The molecule has 0 aliphatic rings. The zero-order chi connectivity index (χ0) is 12.4. The predicted octanol–water partition coefficient (Wildman–Crippen LogP) is 3.98. The Morgan fingerprint density at radius 2 is 2.06 bits per heavy atom. The van der Waals surface area contributed by atoms with Gasteiger partial charge in [0.15, 0.2) is 0 Å². The Morgan fingerprint density at radius 1 is 1.29 bits per heavy atom. The first-order valence-corrected chi connectivity index (χ1v) is 5.33. The number of nitrogens with one attached hydrogen (secondary N) is 1. The Labute approximate surface area is 106 Å². The number of halogens is 3. The van der Waals surface area contributed by atoms with Gasteiger partial charge in [-0.25, -0.2) is 4.39 Å². The Morgan fingerprint density at radius 3 is 2.65 bits per heavy atom. The van der Waals surface area contributed by atoms with E-state index < -0.39 is 11.7 Å². The third-order valence-electron chi connectivity index (χ3n) is 2.04. The molecule has 2 rings (SSSR count). The molecule has 6 heteroatoms. The zero-order valence-corrected chi connectivity index (χ0v) is 9.85. The van der Waals surface area contributed by atoms with Crippen molar-refractivity contribution in [2.75, 3.05) is 5.32 Å². The van der Waals surface area contributed by atoms with Crippen LogP contribution in [-0.4, -0.2) is 5.91 Å². The van der Waals surface area contributed by atoms with Gasteiger partial charge in [-0.15, -0.1) is 0 Å². The number of benzene rings is 1. The first-order valence-electron chi connectivity index (χ1n) is 4.57. The smallest absolute Gasteiger partial charge is 0.260 e. The van der Waals surface area contributed by atoms with Crippen LogP contribution in [0.5, 0.6) is 0 Å². The van der Waals surface area contributed by atoms with Crippen LogP contribution in [0, 0.1) is 5.82 Å². The van der Waals surface area contributed by atoms with E-state index in [1.807, 2.05) is 0 Å². The molecule has 1 aromatic heterocycles. The number of amides is 1. The Balaban J connectivity index is 2.22. The van der Waals surface area contributed by atoms with E-state index in [9.17, 15) is 9.18 Å². The summed E-state index contributed by atoms with van der Waals surface area (Å²) in [6.07, 6.45) is 1.27. The van der Waals surface area contributed by atoms with Crippen LogP contribution in [0.15, 0.2) is 34.9 Å². The molecule has 1 amide bonds. The number of hydrogen-bond donors (Lipinski definition) is 1. The van der Waals surface area contributed by atoms with Crippen LogP contribution >= 0.6 is 23.2 Å². The number of carbonyl (C=O) groups excluding carboxylic acids is 1. The Bertz CT molecular complexity index is 568. The summed E-state index contributed by atoms with van der Waals surface area (Å²) in [6, 6.07) is 5.33. The van der Waals surface area contributed by atoms with E-state index in [1.165, 1.54) is 24.5 Å². The lowest BCUT2D eigenvalue weighted by Gasteiger charge is -2.05. The molecule has 0 atom stereocenters. The molecule has 2 aromatic rings. The van der Waals surface area contributed by atoms with Crippen molar-refractivity contribution in [3.63, 3.8) is 0 Å². The maximum atomic E-state index is 13.4. The summed E-state index contributed by atoms with van der Waals surface area (Å²) < 4.78 is 18.2. The van der Waals surface area contributed by atoms with Crippen LogP contribution in [0.4, 0.5) is 10.1 Å². The Hall–Kier alpha value is -1.52. The van der Waals surface area contributed by atoms with E-state index >= 15 is 0 Å². The molecule has 0 bridgehead atoms. The van der Waals surface area contributed by atoms with Crippen molar-refractivity contribution in [2.24, 2.45) is 0 Å². The molecule has 3 nitrogen and oxygen atoms in total. The topological polar surface area (TPSA) is 42.2 Å². The third kappa shape index (κ3) is 2.60. The lowest BCUT2D eigenvalue weighted by atomic mass is 10.2. The van der Waals surface area contributed by atoms with Gasteiger partial charge in [0.1, 0.15) is 5.82 Å². The largest absolute Gasteiger partial charge is 0.452 e. The van der Waals surface area contributed by atoms with E-state index in [-0.39, 0.29) is 21.5 Å². The highest BCUT2D eigenvalue weighted by Crippen LogP contribution is 2.22. The molecule has 0 aliphatic heterocycles. The van der Waals surface area contributed by atoms with Gasteiger partial charge in [0.05, 0.1) is 17.5 Å². The van der Waals surface area contributed by atoms with Gasteiger partial charge < -0.3 is 9.73 Å². The van der Waals surface area contributed by atoms with E-state index in [1.54, 1.807) is 0 Å². The SMILES string of the molecule is O=C(Nc1ccc(Cl)cc1F)c1ccoc1Cl. The van der Waals surface area contributed by atoms with Gasteiger partial charge in [0.25, 0.3) is 5.91 Å². The first-order chi connectivity index (χ1) is 8.08. The number of rotatable bonds is 2. The molecule has 0 radical (unpaired) electrons. The number of hydrogen-bond acceptors (Lipinski definition) is 2. The van der Waals surface area contributed by atoms with Crippen molar-refractivity contribution >= 4 is 34.8 Å². The van der Waals surface area contributed by atoms with Gasteiger partial charge in [-0.3, -0.25) is 4.79 Å². The molecule has 1 N–H and O–H groups in total. The molecule has 1 aromatic carbocycles. The minimum atomic E-state index is -0.620. The van der Waals surface area contributed by atoms with Crippen molar-refractivity contribution < 1.29 is 13.6 Å². The van der Waals surface area contributed by atoms with Gasteiger partial charge >= 0.3 is 0 Å². The second-order valence-electron chi connectivity index (χ2n) is 3.19. The molecule has 1 heterocycles. The van der Waals surface area contributed by atoms with E-state index in [4.69, 9.17) is 27.6 Å². The molecule has 0 spiro atoms. The maximum absolute atomic E-state index is 13.4.